The second kappa shape index (κ2) is 7.93. The fourth-order valence-electron chi connectivity index (χ4n) is 3.66. The minimum absolute atomic E-state index is 0.0233. The molecule has 1 amide bonds. The molecular weight excluding hydrogens is 410 g/mol. The molecule has 0 saturated carbocycles. The lowest BCUT2D eigenvalue weighted by atomic mass is 10.1. The first-order valence-electron chi connectivity index (χ1n) is 9.74. The quantitative estimate of drug-likeness (QED) is 0.630. The Morgan fingerprint density at radius 3 is 2.45 bits per heavy atom. The van der Waals surface area contributed by atoms with Crippen molar-refractivity contribution in [3.05, 3.63) is 68.5 Å². The van der Waals surface area contributed by atoms with Crippen molar-refractivity contribution >= 4 is 16.9 Å². The molecule has 0 unspecified atom stereocenters. The number of carbonyl (C=O) groups is 1. The summed E-state index contributed by atoms with van der Waals surface area (Å²) in [6.45, 7) is 0.725. The number of benzene rings is 1. The summed E-state index contributed by atoms with van der Waals surface area (Å²) in [6, 6.07) is 6.09. The smallest absolute Gasteiger partial charge is 0.332 e. The Morgan fingerprint density at radius 1 is 1.06 bits per heavy atom. The van der Waals surface area contributed by atoms with Crippen LogP contribution in [-0.2, 0) is 14.1 Å². The average Bonchev–Trinajstić information content (AvgIpc) is 2.77. The lowest BCUT2D eigenvalue weighted by Gasteiger charge is -2.32. The summed E-state index contributed by atoms with van der Waals surface area (Å²) in [5.41, 5.74) is -0.736. The molecule has 1 aromatic carbocycles. The predicted molar refractivity (Wildman–Crippen MR) is 108 cm³/mol. The van der Waals surface area contributed by atoms with Crippen molar-refractivity contribution in [1.82, 2.24) is 19.0 Å². The van der Waals surface area contributed by atoms with E-state index in [0.717, 1.165) is 16.7 Å². The van der Waals surface area contributed by atoms with Gasteiger partial charge in [0.1, 0.15) is 23.3 Å². The van der Waals surface area contributed by atoms with Gasteiger partial charge in [0, 0.05) is 46.1 Å². The number of pyridine rings is 1. The second-order valence-corrected chi connectivity index (χ2v) is 7.46. The molecular formula is C21H20F2N4O4. The van der Waals surface area contributed by atoms with Crippen LogP contribution < -0.4 is 16.0 Å². The van der Waals surface area contributed by atoms with Crippen LogP contribution in [0, 0.1) is 11.6 Å². The van der Waals surface area contributed by atoms with E-state index in [4.69, 9.17) is 4.74 Å². The molecule has 0 radical (unpaired) electrons. The zero-order valence-electron chi connectivity index (χ0n) is 17.0. The maximum atomic E-state index is 13.8. The fraction of sp³-hybridized carbons (Fsp3) is 0.333. The number of halogens is 2. The number of rotatable bonds is 3. The summed E-state index contributed by atoms with van der Waals surface area (Å²) >= 11 is 0. The number of piperidine rings is 1. The van der Waals surface area contributed by atoms with Crippen LogP contribution in [0.25, 0.3) is 11.0 Å². The Labute approximate surface area is 175 Å². The van der Waals surface area contributed by atoms with E-state index in [1.54, 1.807) is 4.90 Å². The molecule has 3 heterocycles. The van der Waals surface area contributed by atoms with Crippen molar-refractivity contribution in [2.24, 2.45) is 14.1 Å². The molecule has 0 N–H and O–H groups in total. The lowest BCUT2D eigenvalue weighted by Crippen LogP contribution is -2.42. The number of fused-ring (bicyclic) bond motifs is 1. The van der Waals surface area contributed by atoms with Crippen molar-refractivity contribution in [2.45, 2.75) is 18.9 Å². The molecule has 31 heavy (non-hydrogen) atoms. The van der Waals surface area contributed by atoms with Crippen LogP contribution in [0.3, 0.4) is 0 Å². The maximum absolute atomic E-state index is 13.8. The summed E-state index contributed by atoms with van der Waals surface area (Å²) in [4.78, 5) is 43.2. The van der Waals surface area contributed by atoms with E-state index in [-0.39, 0.29) is 34.5 Å². The number of nitrogens with zero attached hydrogens (tertiary/aromatic N) is 4. The molecule has 0 spiro atoms. The van der Waals surface area contributed by atoms with Gasteiger partial charge in [-0.2, -0.15) is 0 Å². The molecule has 10 heteroatoms. The van der Waals surface area contributed by atoms with E-state index in [2.05, 4.69) is 4.98 Å². The van der Waals surface area contributed by atoms with Crippen LogP contribution in [0.15, 0.2) is 39.9 Å². The van der Waals surface area contributed by atoms with E-state index in [1.807, 2.05) is 0 Å². The van der Waals surface area contributed by atoms with Crippen LogP contribution in [0.2, 0.25) is 0 Å². The third kappa shape index (κ3) is 3.80. The zero-order valence-corrected chi connectivity index (χ0v) is 17.0. The van der Waals surface area contributed by atoms with Crippen molar-refractivity contribution in [3.8, 4) is 5.75 Å². The SMILES string of the molecule is Cn1c(=O)c2ccc(C(=O)N3CCC(Oc4ccc(F)cc4F)CC3)nc2n(C)c1=O. The van der Waals surface area contributed by atoms with Gasteiger partial charge in [-0.3, -0.25) is 18.7 Å². The van der Waals surface area contributed by atoms with Crippen LogP contribution >= 0.6 is 0 Å². The highest BCUT2D eigenvalue weighted by Crippen LogP contribution is 2.23. The molecule has 1 saturated heterocycles. The van der Waals surface area contributed by atoms with Gasteiger partial charge >= 0.3 is 5.69 Å². The van der Waals surface area contributed by atoms with Gasteiger partial charge in [-0.05, 0) is 24.3 Å². The van der Waals surface area contributed by atoms with Crippen LogP contribution in [-0.4, -0.2) is 44.1 Å². The minimum atomic E-state index is -0.768. The number of likely N-dealkylation sites (tertiary alicyclic amines) is 1. The van der Waals surface area contributed by atoms with Crippen molar-refractivity contribution in [3.63, 3.8) is 0 Å². The summed E-state index contributed by atoms with van der Waals surface area (Å²) in [6.07, 6.45) is 0.627. The van der Waals surface area contributed by atoms with Gasteiger partial charge in [0.2, 0.25) is 0 Å². The molecule has 0 bridgehead atoms. The number of amides is 1. The molecule has 0 atom stereocenters. The third-order valence-corrected chi connectivity index (χ3v) is 5.44. The van der Waals surface area contributed by atoms with Gasteiger partial charge in [-0.1, -0.05) is 0 Å². The van der Waals surface area contributed by atoms with Gasteiger partial charge in [0.15, 0.2) is 11.6 Å². The second-order valence-electron chi connectivity index (χ2n) is 7.46. The van der Waals surface area contributed by atoms with E-state index >= 15 is 0 Å². The Morgan fingerprint density at radius 2 is 1.77 bits per heavy atom. The van der Waals surface area contributed by atoms with E-state index in [9.17, 15) is 23.2 Å². The number of hydrogen-bond donors (Lipinski definition) is 0. The number of hydrogen-bond acceptors (Lipinski definition) is 5. The molecule has 1 aliphatic rings. The van der Waals surface area contributed by atoms with Crippen molar-refractivity contribution in [1.29, 1.82) is 0 Å². The molecule has 4 rings (SSSR count). The predicted octanol–water partition coefficient (Wildman–Crippen LogP) is 1.59. The van der Waals surface area contributed by atoms with E-state index in [1.165, 1.54) is 36.9 Å². The normalized spacial score (nSPS) is 14.8. The molecule has 3 aromatic rings. The van der Waals surface area contributed by atoms with Gasteiger partial charge in [0.25, 0.3) is 11.5 Å². The third-order valence-electron chi connectivity index (χ3n) is 5.44. The maximum Gasteiger partial charge on any atom is 0.332 e. The molecule has 1 fully saturated rings. The Hall–Kier alpha value is -3.56. The van der Waals surface area contributed by atoms with Crippen molar-refractivity contribution in [2.75, 3.05) is 13.1 Å². The molecule has 162 valence electrons. The average molecular weight is 430 g/mol. The number of aryl methyl sites for hydroxylation is 1. The van der Waals surface area contributed by atoms with Gasteiger partial charge in [-0.15, -0.1) is 0 Å². The monoisotopic (exact) mass is 430 g/mol. The summed E-state index contributed by atoms with van der Waals surface area (Å²) in [5, 5.41) is 0.245. The highest BCUT2D eigenvalue weighted by molar-refractivity contribution is 5.94. The fourth-order valence-corrected chi connectivity index (χ4v) is 3.66. The Bertz CT molecular complexity index is 1290. The molecule has 8 nitrogen and oxygen atoms in total. The first-order chi connectivity index (χ1) is 14.8. The largest absolute Gasteiger partial charge is 0.487 e. The highest BCUT2D eigenvalue weighted by atomic mass is 19.1. The minimum Gasteiger partial charge on any atom is -0.487 e. The number of ether oxygens (including phenoxy) is 1. The Balaban J connectivity index is 1.49. The number of carbonyl (C=O) groups excluding carboxylic acids is 1. The van der Waals surface area contributed by atoms with E-state index in [0.29, 0.717) is 25.9 Å². The van der Waals surface area contributed by atoms with E-state index < -0.39 is 22.9 Å². The highest BCUT2D eigenvalue weighted by Gasteiger charge is 2.26. The molecule has 1 aliphatic heterocycles. The van der Waals surface area contributed by atoms with Crippen molar-refractivity contribution < 1.29 is 18.3 Å². The first kappa shape index (κ1) is 20.7. The van der Waals surface area contributed by atoms with Crippen LogP contribution in [0.5, 0.6) is 5.75 Å². The summed E-state index contributed by atoms with van der Waals surface area (Å²) in [7, 11) is 2.87. The Kier molecular flexibility index (Phi) is 5.30. The first-order valence-corrected chi connectivity index (χ1v) is 9.74. The van der Waals surface area contributed by atoms with Gasteiger partial charge < -0.3 is 9.64 Å². The van der Waals surface area contributed by atoms with Crippen LogP contribution in [0.1, 0.15) is 23.3 Å². The summed E-state index contributed by atoms with van der Waals surface area (Å²) in [5.74, 6) is -1.80. The lowest BCUT2D eigenvalue weighted by molar-refractivity contribution is 0.0583. The number of aromatic nitrogens is 3. The molecule has 2 aromatic heterocycles. The van der Waals surface area contributed by atoms with Gasteiger partial charge in [-0.25, -0.2) is 18.6 Å². The van der Waals surface area contributed by atoms with Gasteiger partial charge in [0.05, 0.1) is 5.39 Å². The molecule has 0 aliphatic carbocycles. The van der Waals surface area contributed by atoms with Crippen LogP contribution in [0.4, 0.5) is 8.78 Å². The topological polar surface area (TPSA) is 86.4 Å². The summed E-state index contributed by atoms with van der Waals surface area (Å²) < 4.78 is 34.6. The standard InChI is InChI=1S/C21H20F2N4O4/c1-25-18-14(19(28)26(2)21(25)30)4-5-16(24-18)20(29)27-9-7-13(8-10-27)31-17-6-3-12(22)11-15(17)23/h3-6,11,13H,7-10H2,1-2H3. The zero-order chi connectivity index (χ0) is 22.3.